The van der Waals surface area contributed by atoms with Gasteiger partial charge in [-0.15, -0.1) is 0 Å². The van der Waals surface area contributed by atoms with E-state index in [0.29, 0.717) is 11.6 Å². The maximum Gasteiger partial charge on any atom is 0.329 e. The van der Waals surface area contributed by atoms with E-state index in [2.05, 4.69) is 18.2 Å². The molecule has 0 fully saturated rings. The molecule has 0 unspecified atom stereocenters. The highest BCUT2D eigenvalue weighted by atomic mass is 35.5. The van der Waals surface area contributed by atoms with Crippen molar-refractivity contribution in [3.8, 4) is 11.1 Å². The molecule has 4 aromatic rings. The fourth-order valence-corrected chi connectivity index (χ4v) is 4.49. The van der Waals surface area contributed by atoms with E-state index >= 15 is 0 Å². The van der Waals surface area contributed by atoms with Gasteiger partial charge >= 0.3 is 5.69 Å². The van der Waals surface area contributed by atoms with Gasteiger partial charge in [0.2, 0.25) is 5.91 Å². The first-order valence-electron chi connectivity index (χ1n) is 10.4. The number of hydrogen-bond donors (Lipinski definition) is 0. The summed E-state index contributed by atoms with van der Waals surface area (Å²) in [5, 5.41) is 0.614. The number of aryl methyl sites for hydroxylation is 2. The number of likely N-dealkylation sites (N-methyl/N-ethyl adjacent to an activating group) is 1. The fourth-order valence-electron chi connectivity index (χ4n) is 4.37. The van der Waals surface area contributed by atoms with E-state index in [4.69, 9.17) is 11.6 Å². The summed E-state index contributed by atoms with van der Waals surface area (Å²) in [5.74, 6) is -0.158. The van der Waals surface area contributed by atoms with Crippen LogP contribution in [-0.4, -0.2) is 22.1 Å². The molecular weight excluding hydrogens is 410 g/mol. The van der Waals surface area contributed by atoms with Gasteiger partial charge in [0, 0.05) is 24.3 Å². The number of carbonyl (C=O) groups is 1. The van der Waals surface area contributed by atoms with Gasteiger partial charge in [-0.3, -0.25) is 13.9 Å². The van der Waals surface area contributed by atoms with Crippen LogP contribution in [0.2, 0.25) is 5.02 Å². The Morgan fingerprint density at radius 2 is 1.77 bits per heavy atom. The first kappa shape index (κ1) is 19.6. The monoisotopic (exact) mass is 431 g/mol. The molecule has 5 rings (SSSR count). The molecule has 156 valence electrons. The van der Waals surface area contributed by atoms with Gasteiger partial charge < -0.3 is 4.90 Å². The van der Waals surface area contributed by atoms with Crippen LogP contribution < -0.4 is 10.6 Å². The Hall–Kier alpha value is -3.31. The summed E-state index contributed by atoms with van der Waals surface area (Å²) in [5.41, 5.74) is 5.71. The maximum atomic E-state index is 13.2. The van der Waals surface area contributed by atoms with Gasteiger partial charge in [0.25, 0.3) is 0 Å². The number of anilines is 1. The third-order valence-electron chi connectivity index (χ3n) is 6.01. The van der Waals surface area contributed by atoms with Crippen LogP contribution in [0.25, 0.3) is 22.2 Å². The van der Waals surface area contributed by atoms with Crippen LogP contribution >= 0.6 is 11.6 Å². The molecule has 3 aromatic carbocycles. The molecular formula is C25H22ClN3O2. The number of carbonyl (C=O) groups excluding carboxylic acids is 1. The van der Waals surface area contributed by atoms with Crippen molar-refractivity contribution >= 4 is 34.2 Å². The molecule has 0 radical (unpaired) electrons. The highest BCUT2D eigenvalue weighted by molar-refractivity contribution is 6.30. The van der Waals surface area contributed by atoms with Crippen LogP contribution in [0.5, 0.6) is 0 Å². The van der Waals surface area contributed by atoms with E-state index in [1.54, 1.807) is 40.8 Å². The van der Waals surface area contributed by atoms with Crippen molar-refractivity contribution in [2.75, 3.05) is 11.9 Å². The molecule has 0 N–H and O–H groups in total. The predicted molar refractivity (Wildman–Crippen MR) is 125 cm³/mol. The number of halogens is 1. The second-order valence-corrected chi connectivity index (χ2v) is 8.36. The highest BCUT2D eigenvalue weighted by Crippen LogP contribution is 2.31. The van der Waals surface area contributed by atoms with E-state index in [-0.39, 0.29) is 18.1 Å². The molecule has 0 aliphatic carbocycles. The Labute approximate surface area is 185 Å². The molecule has 0 saturated heterocycles. The Balaban J connectivity index is 1.59. The number of amides is 1. The molecule has 0 saturated carbocycles. The average Bonchev–Trinajstić information content (AvgIpc) is 3.07. The number of aromatic nitrogens is 2. The molecule has 1 aliphatic rings. The zero-order chi connectivity index (χ0) is 21.5. The van der Waals surface area contributed by atoms with Crippen LogP contribution in [0.15, 0.2) is 71.5 Å². The van der Waals surface area contributed by atoms with Crippen molar-refractivity contribution in [3.05, 3.63) is 87.8 Å². The van der Waals surface area contributed by atoms with Crippen LogP contribution in [0.4, 0.5) is 5.69 Å². The van der Waals surface area contributed by atoms with Crippen molar-refractivity contribution in [3.63, 3.8) is 0 Å². The second-order valence-electron chi connectivity index (χ2n) is 7.92. The number of nitrogens with zero attached hydrogens (tertiary/aromatic N) is 3. The van der Waals surface area contributed by atoms with Gasteiger partial charge in [-0.1, -0.05) is 41.9 Å². The van der Waals surface area contributed by atoms with Crippen LogP contribution in [0, 0.1) is 0 Å². The standard InChI is InChI=1S/C25H22ClN3O2/c1-27(21-11-9-20(26)10-12-21)23(30)16-29-22-15-19(17-6-3-2-4-7-17)14-18-8-5-13-28(24(18)22)25(29)31/h2-4,6-7,9-12,14-15H,5,8,13,16H2,1H3. The lowest BCUT2D eigenvalue weighted by atomic mass is 9.97. The molecule has 6 heteroatoms. The quantitative estimate of drug-likeness (QED) is 0.469. The fraction of sp³-hybridized carbons (Fsp3) is 0.200. The summed E-state index contributed by atoms with van der Waals surface area (Å²) in [4.78, 5) is 27.9. The Bertz CT molecular complexity index is 1340. The Kier molecular flexibility index (Phi) is 4.91. The van der Waals surface area contributed by atoms with E-state index in [9.17, 15) is 9.59 Å². The smallest absolute Gasteiger partial charge is 0.314 e. The van der Waals surface area contributed by atoms with Gasteiger partial charge in [0.15, 0.2) is 0 Å². The molecule has 0 spiro atoms. The maximum absolute atomic E-state index is 13.2. The number of imidazole rings is 1. The number of benzene rings is 3. The topological polar surface area (TPSA) is 47.2 Å². The molecule has 31 heavy (non-hydrogen) atoms. The van der Waals surface area contributed by atoms with Gasteiger partial charge in [-0.2, -0.15) is 0 Å². The van der Waals surface area contributed by atoms with Gasteiger partial charge in [-0.25, -0.2) is 4.79 Å². The van der Waals surface area contributed by atoms with Crippen molar-refractivity contribution in [1.29, 1.82) is 0 Å². The third-order valence-corrected chi connectivity index (χ3v) is 6.26. The third kappa shape index (κ3) is 3.45. The van der Waals surface area contributed by atoms with Crippen molar-refractivity contribution < 1.29 is 4.79 Å². The van der Waals surface area contributed by atoms with Crippen LogP contribution in [-0.2, 0) is 24.3 Å². The largest absolute Gasteiger partial charge is 0.329 e. The lowest BCUT2D eigenvalue weighted by Crippen LogP contribution is -2.34. The summed E-state index contributed by atoms with van der Waals surface area (Å²) in [6.45, 7) is 0.667. The molecule has 1 aromatic heterocycles. The minimum Gasteiger partial charge on any atom is -0.314 e. The number of hydrogen-bond acceptors (Lipinski definition) is 2. The van der Waals surface area contributed by atoms with E-state index in [1.807, 2.05) is 28.8 Å². The summed E-state index contributed by atoms with van der Waals surface area (Å²) < 4.78 is 3.43. The van der Waals surface area contributed by atoms with E-state index in [1.165, 1.54) is 0 Å². The van der Waals surface area contributed by atoms with Crippen LogP contribution in [0.1, 0.15) is 12.0 Å². The Morgan fingerprint density at radius 1 is 1.03 bits per heavy atom. The number of rotatable bonds is 4. The highest BCUT2D eigenvalue weighted by Gasteiger charge is 2.23. The molecule has 5 nitrogen and oxygen atoms in total. The predicted octanol–water partition coefficient (Wildman–Crippen LogP) is 4.73. The Morgan fingerprint density at radius 3 is 2.52 bits per heavy atom. The van der Waals surface area contributed by atoms with Gasteiger partial charge in [0.1, 0.15) is 6.54 Å². The second kappa shape index (κ2) is 7.75. The summed E-state index contributed by atoms with van der Waals surface area (Å²) in [6.07, 6.45) is 1.85. The van der Waals surface area contributed by atoms with E-state index in [0.717, 1.165) is 46.3 Å². The summed E-state index contributed by atoms with van der Waals surface area (Å²) in [6, 6.07) is 21.4. The molecule has 1 aliphatic heterocycles. The molecule has 0 atom stereocenters. The van der Waals surface area contributed by atoms with Crippen molar-refractivity contribution in [2.45, 2.75) is 25.9 Å². The SMILES string of the molecule is CN(C(=O)Cn1c(=O)n2c3c(cc(-c4ccccc4)cc31)CCC2)c1ccc(Cl)cc1. The molecule has 2 heterocycles. The summed E-state index contributed by atoms with van der Waals surface area (Å²) in [7, 11) is 1.72. The normalized spacial score (nSPS) is 12.8. The van der Waals surface area contributed by atoms with Crippen LogP contribution in [0.3, 0.4) is 0 Å². The lowest BCUT2D eigenvalue weighted by Gasteiger charge is -2.18. The van der Waals surface area contributed by atoms with E-state index < -0.39 is 0 Å². The minimum absolute atomic E-state index is 0.0147. The average molecular weight is 432 g/mol. The molecule has 1 amide bonds. The van der Waals surface area contributed by atoms with Crippen molar-refractivity contribution in [2.24, 2.45) is 0 Å². The lowest BCUT2D eigenvalue weighted by molar-refractivity contribution is -0.118. The first-order chi connectivity index (χ1) is 15.0. The minimum atomic E-state index is -0.158. The van der Waals surface area contributed by atoms with Gasteiger partial charge in [-0.05, 0) is 65.9 Å². The summed E-state index contributed by atoms with van der Waals surface area (Å²) >= 11 is 5.96. The molecule has 0 bridgehead atoms. The zero-order valence-corrected chi connectivity index (χ0v) is 18.0. The zero-order valence-electron chi connectivity index (χ0n) is 17.2. The van der Waals surface area contributed by atoms with Crippen molar-refractivity contribution in [1.82, 2.24) is 9.13 Å². The van der Waals surface area contributed by atoms with Gasteiger partial charge in [0.05, 0.1) is 11.0 Å². The first-order valence-corrected chi connectivity index (χ1v) is 10.7.